The second-order valence-corrected chi connectivity index (χ2v) is 4.94. The molecule has 2 aromatic carbocycles. The van der Waals surface area contributed by atoms with E-state index in [1.165, 1.54) is 0 Å². The van der Waals surface area contributed by atoms with E-state index in [0.29, 0.717) is 5.75 Å². The number of anilines is 1. The minimum Gasteiger partial charge on any atom is -0.481 e. The lowest BCUT2D eigenvalue weighted by atomic mass is 10.2. The van der Waals surface area contributed by atoms with Gasteiger partial charge in [-0.3, -0.25) is 4.79 Å². The highest BCUT2D eigenvalue weighted by atomic mass is 16.5. The largest absolute Gasteiger partial charge is 0.481 e. The van der Waals surface area contributed by atoms with Gasteiger partial charge in [0.25, 0.3) is 5.91 Å². The van der Waals surface area contributed by atoms with Crippen molar-refractivity contribution in [2.45, 2.75) is 26.9 Å². The highest BCUT2D eigenvalue weighted by molar-refractivity contribution is 5.94. The minimum atomic E-state index is -0.544. The number of carbonyl (C=O) groups is 1. The van der Waals surface area contributed by atoms with Crippen LogP contribution in [0.1, 0.15) is 18.1 Å². The molecule has 0 fully saturated rings. The maximum Gasteiger partial charge on any atom is 0.265 e. The van der Waals surface area contributed by atoms with Crippen molar-refractivity contribution in [3.8, 4) is 5.75 Å². The molecule has 20 heavy (non-hydrogen) atoms. The molecular weight excluding hydrogens is 250 g/mol. The molecule has 0 unspecified atom stereocenters. The van der Waals surface area contributed by atoms with Crippen molar-refractivity contribution in [3.05, 3.63) is 59.7 Å². The molecule has 0 radical (unpaired) electrons. The van der Waals surface area contributed by atoms with Gasteiger partial charge in [0.05, 0.1) is 0 Å². The first-order valence-electron chi connectivity index (χ1n) is 6.65. The van der Waals surface area contributed by atoms with Crippen molar-refractivity contribution in [3.63, 3.8) is 0 Å². The van der Waals surface area contributed by atoms with E-state index in [1.807, 2.05) is 62.4 Å². The molecule has 2 aromatic rings. The molecule has 0 aliphatic rings. The Balaban J connectivity index is 1.98. The summed E-state index contributed by atoms with van der Waals surface area (Å²) >= 11 is 0. The first kappa shape index (κ1) is 14.1. The molecule has 1 N–H and O–H groups in total. The summed E-state index contributed by atoms with van der Waals surface area (Å²) in [7, 11) is 0. The van der Waals surface area contributed by atoms with E-state index >= 15 is 0 Å². The Morgan fingerprint density at radius 3 is 2.35 bits per heavy atom. The van der Waals surface area contributed by atoms with Crippen LogP contribution in [0.25, 0.3) is 0 Å². The van der Waals surface area contributed by atoms with Crippen LogP contribution in [0.5, 0.6) is 5.75 Å². The first-order chi connectivity index (χ1) is 9.54. The maximum absolute atomic E-state index is 12.1. The number of ether oxygens (including phenoxy) is 1. The Morgan fingerprint density at radius 2 is 1.70 bits per heavy atom. The predicted molar refractivity (Wildman–Crippen MR) is 81.1 cm³/mol. The number of aryl methyl sites for hydroxylation is 2. The van der Waals surface area contributed by atoms with Gasteiger partial charge in [-0.25, -0.2) is 0 Å². The number of nitrogens with one attached hydrogen (secondary N) is 1. The number of amides is 1. The van der Waals surface area contributed by atoms with Gasteiger partial charge in [0.15, 0.2) is 6.10 Å². The van der Waals surface area contributed by atoms with Crippen LogP contribution >= 0.6 is 0 Å². The fourth-order valence-electron chi connectivity index (χ4n) is 1.91. The third-order valence-corrected chi connectivity index (χ3v) is 2.96. The molecular formula is C17H19NO2. The molecule has 1 amide bonds. The summed E-state index contributed by atoms with van der Waals surface area (Å²) in [5, 5.41) is 2.85. The quantitative estimate of drug-likeness (QED) is 0.919. The summed E-state index contributed by atoms with van der Waals surface area (Å²) in [6.07, 6.45) is -0.544. The minimum absolute atomic E-state index is 0.155. The van der Waals surface area contributed by atoms with Gasteiger partial charge in [-0.15, -0.1) is 0 Å². The van der Waals surface area contributed by atoms with E-state index in [0.717, 1.165) is 16.8 Å². The van der Waals surface area contributed by atoms with Gasteiger partial charge >= 0.3 is 0 Å². The van der Waals surface area contributed by atoms with Crippen LogP contribution in [0.3, 0.4) is 0 Å². The molecule has 0 saturated carbocycles. The van der Waals surface area contributed by atoms with Gasteiger partial charge in [0.2, 0.25) is 0 Å². The number of benzene rings is 2. The van der Waals surface area contributed by atoms with Crippen molar-refractivity contribution in [1.29, 1.82) is 0 Å². The van der Waals surface area contributed by atoms with E-state index in [1.54, 1.807) is 6.92 Å². The fourth-order valence-corrected chi connectivity index (χ4v) is 1.91. The molecule has 1 atom stereocenters. The topological polar surface area (TPSA) is 38.3 Å². The predicted octanol–water partition coefficient (Wildman–Crippen LogP) is 3.71. The average Bonchev–Trinajstić information content (AvgIpc) is 2.38. The van der Waals surface area contributed by atoms with Crippen molar-refractivity contribution in [2.24, 2.45) is 0 Å². The monoisotopic (exact) mass is 269 g/mol. The van der Waals surface area contributed by atoms with Crippen molar-refractivity contribution >= 4 is 11.6 Å². The third kappa shape index (κ3) is 3.85. The number of rotatable bonds is 4. The highest BCUT2D eigenvalue weighted by Gasteiger charge is 2.14. The fraction of sp³-hybridized carbons (Fsp3) is 0.235. The zero-order valence-corrected chi connectivity index (χ0v) is 12.0. The van der Waals surface area contributed by atoms with Crippen LogP contribution in [0.2, 0.25) is 0 Å². The maximum atomic E-state index is 12.1. The Labute approximate surface area is 119 Å². The van der Waals surface area contributed by atoms with Crippen molar-refractivity contribution in [1.82, 2.24) is 0 Å². The van der Waals surface area contributed by atoms with Crippen LogP contribution in [-0.4, -0.2) is 12.0 Å². The second-order valence-electron chi connectivity index (χ2n) is 4.94. The molecule has 2 rings (SSSR count). The molecule has 3 nitrogen and oxygen atoms in total. The van der Waals surface area contributed by atoms with Crippen molar-refractivity contribution in [2.75, 3.05) is 5.32 Å². The zero-order chi connectivity index (χ0) is 14.5. The Morgan fingerprint density at radius 1 is 1.05 bits per heavy atom. The Bertz CT molecular complexity index is 607. The smallest absolute Gasteiger partial charge is 0.265 e. The molecule has 0 saturated heterocycles. The van der Waals surface area contributed by atoms with Gasteiger partial charge in [0, 0.05) is 5.69 Å². The highest BCUT2D eigenvalue weighted by Crippen LogP contribution is 2.15. The van der Waals surface area contributed by atoms with Crippen LogP contribution < -0.4 is 10.1 Å². The molecule has 3 heteroatoms. The molecule has 0 aromatic heterocycles. The molecule has 104 valence electrons. The molecule has 0 bridgehead atoms. The van der Waals surface area contributed by atoms with E-state index in [-0.39, 0.29) is 5.91 Å². The molecule has 0 spiro atoms. The lowest BCUT2D eigenvalue weighted by Crippen LogP contribution is -2.30. The second kappa shape index (κ2) is 6.24. The summed E-state index contributed by atoms with van der Waals surface area (Å²) in [6.45, 7) is 5.72. The van der Waals surface area contributed by atoms with Gasteiger partial charge in [-0.05, 0) is 56.2 Å². The summed E-state index contributed by atoms with van der Waals surface area (Å²) in [5.41, 5.74) is 3.00. The third-order valence-electron chi connectivity index (χ3n) is 2.96. The van der Waals surface area contributed by atoms with Crippen LogP contribution in [-0.2, 0) is 4.79 Å². The first-order valence-corrected chi connectivity index (χ1v) is 6.65. The average molecular weight is 269 g/mol. The number of carbonyl (C=O) groups excluding carboxylic acids is 1. The Kier molecular flexibility index (Phi) is 4.41. The van der Waals surface area contributed by atoms with Gasteiger partial charge < -0.3 is 10.1 Å². The van der Waals surface area contributed by atoms with E-state index in [2.05, 4.69) is 5.32 Å². The number of hydrogen-bond donors (Lipinski definition) is 1. The van der Waals surface area contributed by atoms with Crippen LogP contribution in [0.4, 0.5) is 5.69 Å². The van der Waals surface area contributed by atoms with Gasteiger partial charge in [-0.2, -0.15) is 0 Å². The lowest BCUT2D eigenvalue weighted by Gasteiger charge is -2.15. The zero-order valence-electron chi connectivity index (χ0n) is 12.0. The van der Waals surface area contributed by atoms with E-state index < -0.39 is 6.10 Å². The SMILES string of the molecule is Cc1cccc(NC(=O)[C@H](C)Oc2cccc(C)c2)c1. The van der Waals surface area contributed by atoms with Gasteiger partial charge in [0.1, 0.15) is 5.75 Å². The summed E-state index contributed by atoms with van der Waals surface area (Å²) < 4.78 is 5.65. The van der Waals surface area contributed by atoms with Crippen molar-refractivity contribution < 1.29 is 9.53 Å². The Hall–Kier alpha value is -2.29. The van der Waals surface area contributed by atoms with Crippen LogP contribution in [0.15, 0.2) is 48.5 Å². The number of hydrogen-bond acceptors (Lipinski definition) is 2. The molecule has 0 aliphatic heterocycles. The van der Waals surface area contributed by atoms with Crippen LogP contribution in [0, 0.1) is 13.8 Å². The molecule has 0 aliphatic carbocycles. The molecule has 0 heterocycles. The summed E-state index contributed by atoms with van der Waals surface area (Å²) in [5.74, 6) is 0.550. The van der Waals surface area contributed by atoms with Gasteiger partial charge in [-0.1, -0.05) is 24.3 Å². The summed E-state index contributed by atoms with van der Waals surface area (Å²) in [6, 6.07) is 15.4. The van der Waals surface area contributed by atoms with E-state index in [4.69, 9.17) is 4.74 Å². The lowest BCUT2D eigenvalue weighted by molar-refractivity contribution is -0.122. The normalized spacial score (nSPS) is 11.8. The standard InChI is InChI=1S/C17H19NO2/c1-12-6-4-8-15(10-12)18-17(19)14(3)20-16-9-5-7-13(2)11-16/h4-11,14H,1-3H3,(H,18,19)/t14-/m0/s1. The summed E-state index contributed by atoms with van der Waals surface area (Å²) in [4.78, 5) is 12.1. The van der Waals surface area contributed by atoms with E-state index in [9.17, 15) is 4.79 Å².